The first kappa shape index (κ1) is 22.4. The highest BCUT2D eigenvalue weighted by atomic mass is 35.5. The van der Waals surface area contributed by atoms with Crippen LogP contribution in [-0.4, -0.2) is 11.9 Å². The van der Waals surface area contributed by atoms with Gasteiger partial charge in [0.2, 0.25) is 0 Å². The highest BCUT2D eigenvalue weighted by Gasteiger charge is 2.28. The fraction of sp³-hybridized carbons (Fsp3) is 0. The topological polar surface area (TPSA) is 117 Å². The number of nitrogens with two attached hydrogens (primary N) is 1. The van der Waals surface area contributed by atoms with E-state index in [9.17, 15) is 14.9 Å². The Hall–Kier alpha value is -1.90. The molecule has 0 atom stereocenters. The van der Waals surface area contributed by atoms with Crippen LogP contribution in [0.4, 0.5) is 0 Å². The van der Waals surface area contributed by atoms with Crippen LogP contribution in [0.25, 0.3) is 0 Å². The summed E-state index contributed by atoms with van der Waals surface area (Å²) >= 11 is 35.7. The molecule has 0 radical (unpaired) electrons. The molecular weight excluding hydrogens is 495 g/mol. The third-order valence-electron chi connectivity index (χ3n) is 3.32. The summed E-state index contributed by atoms with van der Waals surface area (Å²) in [5, 5.41) is 16.4. The van der Waals surface area contributed by atoms with Crippen molar-refractivity contribution in [3.8, 4) is 17.9 Å². The number of amides is 1. The molecule has 0 aliphatic heterocycles. The Morgan fingerprint density at radius 3 is 1.93 bits per heavy atom. The Balaban J connectivity index is 2.67. The second-order valence-electron chi connectivity index (χ2n) is 4.91. The third-order valence-corrected chi connectivity index (χ3v) is 5.71. The van der Waals surface area contributed by atoms with Crippen molar-refractivity contribution < 1.29 is 14.3 Å². The number of halogens is 6. The summed E-state index contributed by atoms with van der Waals surface area (Å²) < 4.78 is 5.11. The molecule has 28 heavy (non-hydrogen) atoms. The normalized spacial score (nSPS) is 10.1. The molecule has 0 aliphatic rings. The predicted octanol–water partition coefficient (Wildman–Crippen LogP) is 5.67. The standard InChI is InChI=1S/C16H3Cl6N3O3/c17-7-1-4(10(19)8(12(7)21)15(25)26)16(27)28-14-6(3-24)9(18)5(2-23)11(20)13(14)22/h1H,(H2,25,26). The van der Waals surface area contributed by atoms with Gasteiger partial charge in [-0.3, -0.25) is 4.79 Å². The number of hydrogen-bond acceptors (Lipinski definition) is 5. The van der Waals surface area contributed by atoms with Crippen molar-refractivity contribution in [2.75, 3.05) is 0 Å². The van der Waals surface area contributed by atoms with E-state index in [-0.39, 0.29) is 31.2 Å². The summed E-state index contributed by atoms with van der Waals surface area (Å²) in [6, 6.07) is 4.40. The van der Waals surface area contributed by atoms with Gasteiger partial charge in [0.15, 0.2) is 5.75 Å². The van der Waals surface area contributed by atoms with Gasteiger partial charge in [0.25, 0.3) is 5.91 Å². The van der Waals surface area contributed by atoms with Crippen molar-refractivity contribution in [2.24, 2.45) is 5.73 Å². The number of carbonyl (C=O) groups is 2. The third kappa shape index (κ3) is 3.81. The van der Waals surface area contributed by atoms with Gasteiger partial charge in [-0.2, -0.15) is 10.5 Å². The molecule has 2 aromatic carbocycles. The van der Waals surface area contributed by atoms with Crippen molar-refractivity contribution in [3.63, 3.8) is 0 Å². The van der Waals surface area contributed by atoms with Gasteiger partial charge in [0.1, 0.15) is 22.7 Å². The lowest BCUT2D eigenvalue weighted by Gasteiger charge is -2.14. The SMILES string of the molecule is N#Cc1c(Cl)c(Cl)c(OC(=O)c2cc(Cl)c(Cl)c(C(N)=O)c2Cl)c(C#N)c1Cl. The second kappa shape index (κ2) is 8.63. The minimum absolute atomic E-state index is 0.200. The first-order valence-corrected chi connectivity index (χ1v) is 9.03. The maximum absolute atomic E-state index is 12.6. The minimum Gasteiger partial charge on any atom is -0.420 e. The number of primary amides is 1. The molecule has 0 aromatic heterocycles. The molecule has 0 spiro atoms. The largest absolute Gasteiger partial charge is 0.420 e. The van der Waals surface area contributed by atoms with E-state index in [0.29, 0.717) is 0 Å². The van der Waals surface area contributed by atoms with E-state index >= 15 is 0 Å². The molecule has 0 fully saturated rings. The van der Waals surface area contributed by atoms with Crippen molar-refractivity contribution in [3.05, 3.63) is 58.5 Å². The Labute approximate surface area is 187 Å². The number of rotatable bonds is 3. The van der Waals surface area contributed by atoms with E-state index in [0.717, 1.165) is 6.07 Å². The van der Waals surface area contributed by atoms with Crippen LogP contribution < -0.4 is 10.5 Å². The monoisotopic (exact) mass is 495 g/mol. The van der Waals surface area contributed by atoms with Crippen LogP contribution in [-0.2, 0) is 0 Å². The maximum atomic E-state index is 12.6. The van der Waals surface area contributed by atoms with Crippen LogP contribution in [0.5, 0.6) is 5.75 Å². The van der Waals surface area contributed by atoms with Crippen LogP contribution in [0, 0.1) is 22.7 Å². The highest BCUT2D eigenvalue weighted by molar-refractivity contribution is 6.48. The van der Waals surface area contributed by atoms with Gasteiger partial charge in [0, 0.05) is 0 Å². The molecule has 2 rings (SSSR count). The summed E-state index contributed by atoms with van der Waals surface area (Å²) in [6.07, 6.45) is 0. The molecule has 2 N–H and O–H groups in total. The zero-order valence-corrected chi connectivity index (χ0v) is 17.6. The Bertz CT molecular complexity index is 1130. The highest BCUT2D eigenvalue weighted by Crippen LogP contribution is 2.43. The zero-order valence-electron chi connectivity index (χ0n) is 13.0. The van der Waals surface area contributed by atoms with Gasteiger partial charge in [-0.1, -0.05) is 69.6 Å². The minimum atomic E-state index is -1.17. The van der Waals surface area contributed by atoms with Crippen LogP contribution in [0.3, 0.4) is 0 Å². The van der Waals surface area contributed by atoms with Crippen LogP contribution in [0.1, 0.15) is 31.8 Å². The Kier molecular flexibility index (Phi) is 6.90. The van der Waals surface area contributed by atoms with Crippen LogP contribution in [0.2, 0.25) is 30.1 Å². The Morgan fingerprint density at radius 2 is 1.43 bits per heavy atom. The number of nitriles is 2. The summed E-state index contributed by atoms with van der Waals surface area (Å²) in [4.78, 5) is 24.1. The molecule has 1 amide bonds. The van der Waals surface area contributed by atoms with Gasteiger partial charge in [-0.15, -0.1) is 0 Å². The van der Waals surface area contributed by atoms with Crippen molar-refractivity contribution in [2.45, 2.75) is 0 Å². The average Bonchev–Trinajstić information content (AvgIpc) is 2.63. The predicted molar refractivity (Wildman–Crippen MR) is 106 cm³/mol. The fourth-order valence-electron chi connectivity index (χ4n) is 2.05. The van der Waals surface area contributed by atoms with Gasteiger partial charge in [-0.05, 0) is 6.07 Å². The smallest absolute Gasteiger partial charge is 0.345 e. The molecule has 6 nitrogen and oxygen atoms in total. The molecule has 12 heteroatoms. The number of esters is 1. The van der Waals surface area contributed by atoms with Crippen LogP contribution >= 0.6 is 69.6 Å². The lowest BCUT2D eigenvalue weighted by atomic mass is 10.1. The van der Waals surface area contributed by atoms with Gasteiger partial charge < -0.3 is 10.5 Å². The fourth-order valence-corrected chi connectivity index (χ4v) is 3.63. The first-order chi connectivity index (χ1) is 13.1. The van der Waals surface area contributed by atoms with Gasteiger partial charge in [0.05, 0.1) is 41.8 Å². The molecule has 0 saturated carbocycles. The lowest BCUT2D eigenvalue weighted by molar-refractivity contribution is 0.0734. The number of hydrogen-bond donors (Lipinski definition) is 1. The van der Waals surface area contributed by atoms with E-state index in [2.05, 4.69) is 0 Å². The van der Waals surface area contributed by atoms with Crippen molar-refractivity contribution in [1.82, 2.24) is 0 Å². The van der Waals surface area contributed by atoms with Crippen molar-refractivity contribution >= 4 is 81.5 Å². The first-order valence-electron chi connectivity index (χ1n) is 6.76. The molecule has 0 aliphatic carbocycles. The van der Waals surface area contributed by atoms with E-state index in [4.69, 9.17) is 85.3 Å². The molecule has 0 saturated heterocycles. The molecule has 0 unspecified atom stereocenters. The van der Waals surface area contributed by atoms with E-state index in [1.165, 1.54) is 0 Å². The summed E-state index contributed by atoms with van der Waals surface area (Å²) in [5.74, 6) is -2.71. The van der Waals surface area contributed by atoms with E-state index in [1.54, 1.807) is 12.1 Å². The quantitative estimate of drug-likeness (QED) is 0.333. The Morgan fingerprint density at radius 1 is 0.857 bits per heavy atom. The summed E-state index contributed by atoms with van der Waals surface area (Å²) in [6.45, 7) is 0. The molecule has 0 heterocycles. The molecule has 142 valence electrons. The maximum Gasteiger partial charge on any atom is 0.345 e. The number of benzene rings is 2. The molecule has 2 aromatic rings. The van der Waals surface area contributed by atoms with Gasteiger partial charge >= 0.3 is 5.97 Å². The molecular formula is C16H3Cl6N3O3. The summed E-state index contributed by atoms with van der Waals surface area (Å²) in [5.41, 5.74) is 3.73. The van der Waals surface area contributed by atoms with Crippen molar-refractivity contribution in [1.29, 1.82) is 10.5 Å². The number of nitrogens with zero attached hydrogens (tertiary/aromatic N) is 2. The van der Waals surface area contributed by atoms with E-state index in [1.807, 2.05) is 0 Å². The van der Waals surface area contributed by atoms with Crippen LogP contribution in [0.15, 0.2) is 6.07 Å². The zero-order chi connectivity index (χ0) is 21.3. The lowest BCUT2D eigenvalue weighted by Crippen LogP contribution is -2.17. The van der Waals surface area contributed by atoms with E-state index < -0.39 is 38.8 Å². The van der Waals surface area contributed by atoms with Gasteiger partial charge in [-0.25, -0.2) is 4.79 Å². The number of ether oxygens (including phenoxy) is 1. The average molecular weight is 498 g/mol. The molecule has 0 bridgehead atoms. The second-order valence-corrected chi connectivity index (χ2v) is 7.20. The summed E-state index contributed by atoms with van der Waals surface area (Å²) in [7, 11) is 0. The number of carbonyl (C=O) groups excluding carboxylic acids is 2.